The summed E-state index contributed by atoms with van der Waals surface area (Å²) < 4.78 is 22.8. The summed E-state index contributed by atoms with van der Waals surface area (Å²) in [5.74, 6) is 0.420. The van der Waals surface area contributed by atoms with E-state index in [4.69, 9.17) is 0 Å². The molecule has 0 bridgehead atoms. The minimum absolute atomic E-state index is 0.0975. The molecule has 4 nitrogen and oxygen atoms in total. The van der Waals surface area contributed by atoms with Gasteiger partial charge in [-0.2, -0.15) is 0 Å². The monoisotopic (exact) mass is 310 g/mol. The first-order chi connectivity index (χ1) is 9.38. The van der Waals surface area contributed by atoms with Crippen molar-refractivity contribution in [2.24, 2.45) is 5.92 Å². The Bertz CT molecular complexity index is 647. The Morgan fingerprint density at radius 1 is 1.25 bits per heavy atom. The summed E-state index contributed by atoms with van der Waals surface area (Å²) in [5.41, 5.74) is 0.824. The molecule has 2 aromatic rings. The Morgan fingerprint density at radius 2 is 2.00 bits per heavy atom. The highest BCUT2D eigenvalue weighted by Crippen LogP contribution is 2.29. The van der Waals surface area contributed by atoms with Gasteiger partial charge in [-0.05, 0) is 29.5 Å². The van der Waals surface area contributed by atoms with Crippen LogP contribution in [0.5, 0.6) is 0 Å². The molecule has 0 saturated carbocycles. The van der Waals surface area contributed by atoms with E-state index in [1.54, 1.807) is 23.6 Å². The summed E-state index contributed by atoms with van der Waals surface area (Å²) in [6.07, 6.45) is 2.73. The summed E-state index contributed by atoms with van der Waals surface area (Å²) in [5, 5.41) is 5.56. The maximum Gasteiger partial charge on any atom is 0.192 e. The van der Waals surface area contributed by atoms with Gasteiger partial charge in [0.25, 0.3) is 0 Å². The number of pyridine rings is 1. The molecular weight excluding hydrogens is 292 g/mol. The molecule has 0 aliphatic rings. The minimum Gasteiger partial charge on any atom is -0.376 e. The molecule has 6 heteroatoms. The van der Waals surface area contributed by atoms with Crippen molar-refractivity contribution in [3.05, 3.63) is 40.7 Å². The molecule has 0 aromatic carbocycles. The average Bonchev–Trinajstić information content (AvgIpc) is 2.88. The largest absolute Gasteiger partial charge is 0.376 e. The smallest absolute Gasteiger partial charge is 0.192 e. The van der Waals surface area contributed by atoms with Crippen molar-refractivity contribution in [2.45, 2.75) is 24.9 Å². The van der Waals surface area contributed by atoms with Crippen molar-refractivity contribution in [1.82, 2.24) is 4.98 Å². The van der Waals surface area contributed by atoms with Crippen molar-refractivity contribution in [3.8, 4) is 0 Å². The SMILES string of the molecule is CC(C)C(Nc1ccc(S(C)(=O)=O)nc1)c1cccs1. The van der Waals surface area contributed by atoms with E-state index in [9.17, 15) is 8.42 Å². The lowest BCUT2D eigenvalue weighted by atomic mass is 10.0. The first kappa shape index (κ1) is 15.0. The highest BCUT2D eigenvalue weighted by Gasteiger charge is 2.17. The van der Waals surface area contributed by atoms with Crippen LogP contribution >= 0.6 is 11.3 Å². The van der Waals surface area contributed by atoms with Crippen molar-refractivity contribution in [3.63, 3.8) is 0 Å². The molecule has 2 rings (SSSR count). The maximum atomic E-state index is 11.4. The number of hydrogen-bond donors (Lipinski definition) is 1. The standard InChI is InChI=1S/C14H18N2O2S2/c1-10(2)14(12-5-4-8-19-12)16-11-6-7-13(15-9-11)20(3,17)18/h4-10,14,16H,1-3H3. The highest BCUT2D eigenvalue weighted by atomic mass is 32.2. The number of nitrogens with one attached hydrogen (secondary N) is 1. The summed E-state index contributed by atoms with van der Waals surface area (Å²) in [6.45, 7) is 4.30. The zero-order valence-electron chi connectivity index (χ0n) is 11.7. The number of rotatable bonds is 5. The van der Waals surface area contributed by atoms with Crippen molar-refractivity contribution in [2.75, 3.05) is 11.6 Å². The fourth-order valence-corrected chi connectivity index (χ4v) is 3.41. The third-order valence-electron chi connectivity index (χ3n) is 2.95. The normalized spacial score (nSPS) is 13.4. The molecule has 0 saturated heterocycles. The summed E-state index contributed by atoms with van der Waals surface area (Å²) in [6, 6.07) is 7.61. The van der Waals surface area contributed by atoms with Crippen LogP contribution in [-0.4, -0.2) is 19.7 Å². The van der Waals surface area contributed by atoms with Gasteiger partial charge in [0, 0.05) is 11.1 Å². The van der Waals surface area contributed by atoms with Crippen molar-refractivity contribution in [1.29, 1.82) is 0 Å². The molecule has 2 heterocycles. The van der Waals surface area contributed by atoms with E-state index in [0.717, 1.165) is 11.9 Å². The Labute approximate surface area is 123 Å². The van der Waals surface area contributed by atoms with Crippen molar-refractivity contribution >= 4 is 26.9 Å². The van der Waals surface area contributed by atoms with Crippen LogP contribution in [0.4, 0.5) is 5.69 Å². The second-order valence-electron chi connectivity index (χ2n) is 5.04. The lowest BCUT2D eigenvalue weighted by Gasteiger charge is -2.22. The van der Waals surface area contributed by atoms with Gasteiger partial charge in [-0.15, -0.1) is 11.3 Å². The molecule has 1 N–H and O–H groups in total. The van der Waals surface area contributed by atoms with E-state index in [1.807, 2.05) is 6.07 Å². The number of thiophene rings is 1. The lowest BCUT2D eigenvalue weighted by molar-refractivity contribution is 0.553. The predicted molar refractivity (Wildman–Crippen MR) is 82.9 cm³/mol. The van der Waals surface area contributed by atoms with E-state index in [0.29, 0.717) is 5.92 Å². The molecule has 0 amide bonds. The van der Waals surface area contributed by atoms with Gasteiger partial charge >= 0.3 is 0 Å². The van der Waals surface area contributed by atoms with Crippen LogP contribution in [-0.2, 0) is 9.84 Å². The second kappa shape index (κ2) is 5.93. The Balaban J connectivity index is 2.20. The number of sulfone groups is 1. The van der Waals surface area contributed by atoms with Crippen LogP contribution in [0, 0.1) is 5.92 Å². The van der Waals surface area contributed by atoms with E-state index in [2.05, 4.69) is 35.6 Å². The number of aromatic nitrogens is 1. The average molecular weight is 310 g/mol. The van der Waals surface area contributed by atoms with E-state index >= 15 is 0 Å². The zero-order valence-corrected chi connectivity index (χ0v) is 13.3. The van der Waals surface area contributed by atoms with Crippen LogP contribution < -0.4 is 5.32 Å². The van der Waals surface area contributed by atoms with E-state index < -0.39 is 9.84 Å². The summed E-state index contributed by atoms with van der Waals surface area (Å²) >= 11 is 1.71. The Kier molecular flexibility index (Phi) is 4.45. The number of nitrogens with zero attached hydrogens (tertiary/aromatic N) is 1. The van der Waals surface area contributed by atoms with Gasteiger partial charge in [0.1, 0.15) is 0 Å². The van der Waals surface area contributed by atoms with Gasteiger partial charge in [0.2, 0.25) is 0 Å². The molecule has 1 atom stereocenters. The quantitative estimate of drug-likeness (QED) is 0.920. The molecule has 20 heavy (non-hydrogen) atoms. The number of hydrogen-bond acceptors (Lipinski definition) is 5. The second-order valence-corrected chi connectivity index (χ2v) is 7.98. The van der Waals surface area contributed by atoms with Gasteiger partial charge < -0.3 is 5.32 Å². The van der Waals surface area contributed by atoms with Gasteiger partial charge in [0.15, 0.2) is 14.9 Å². The molecule has 0 aliphatic carbocycles. The molecular formula is C14H18N2O2S2. The molecule has 0 radical (unpaired) electrons. The predicted octanol–water partition coefficient (Wildman–Crippen LogP) is 3.36. The van der Waals surface area contributed by atoms with E-state index in [-0.39, 0.29) is 11.1 Å². The fourth-order valence-electron chi connectivity index (χ4n) is 1.90. The van der Waals surface area contributed by atoms with Crippen LogP contribution in [0.3, 0.4) is 0 Å². The third kappa shape index (κ3) is 3.58. The highest BCUT2D eigenvalue weighted by molar-refractivity contribution is 7.90. The Hall–Kier alpha value is -1.40. The third-order valence-corrected chi connectivity index (χ3v) is 4.91. The lowest BCUT2D eigenvalue weighted by Crippen LogP contribution is -2.15. The van der Waals surface area contributed by atoms with Crippen LogP contribution in [0.2, 0.25) is 0 Å². The van der Waals surface area contributed by atoms with Gasteiger partial charge in [-0.1, -0.05) is 19.9 Å². The zero-order chi connectivity index (χ0) is 14.8. The van der Waals surface area contributed by atoms with Crippen molar-refractivity contribution < 1.29 is 8.42 Å². The molecule has 2 aromatic heterocycles. The van der Waals surface area contributed by atoms with Crippen LogP contribution in [0.15, 0.2) is 40.9 Å². The topological polar surface area (TPSA) is 59.1 Å². The summed E-state index contributed by atoms with van der Waals surface area (Å²) in [7, 11) is -3.24. The van der Waals surface area contributed by atoms with Crippen LogP contribution in [0.1, 0.15) is 24.8 Å². The van der Waals surface area contributed by atoms with E-state index in [1.165, 1.54) is 10.9 Å². The molecule has 108 valence electrons. The van der Waals surface area contributed by atoms with Gasteiger partial charge in [-0.25, -0.2) is 13.4 Å². The molecule has 0 spiro atoms. The van der Waals surface area contributed by atoms with Crippen LogP contribution in [0.25, 0.3) is 0 Å². The Morgan fingerprint density at radius 3 is 2.45 bits per heavy atom. The summed E-state index contributed by atoms with van der Waals surface area (Å²) in [4.78, 5) is 5.25. The molecule has 0 fully saturated rings. The first-order valence-electron chi connectivity index (χ1n) is 6.34. The first-order valence-corrected chi connectivity index (χ1v) is 9.11. The molecule has 1 unspecified atom stereocenters. The molecule has 0 aliphatic heterocycles. The fraction of sp³-hybridized carbons (Fsp3) is 0.357. The minimum atomic E-state index is -3.24. The maximum absolute atomic E-state index is 11.4. The van der Waals surface area contributed by atoms with Gasteiger partial charge in [0.05, 0.1) is 17.9 Å². The number of anilines is 1. The van der Waals surface area contributed by atoms with Gasteiger partial charge in [-0.3, -0.25) is 0 Å².